The van der Waals surface area contributed by atoms with Gasteiger partial charge in [0.15, 0.2) is 10.9 Å². The Hall–Kier alpha value is -3.77. The highest BCUT2D eigenvalue weighted by atomic mass is 32.1. The van der Waals surface area contributed by atoms with Crippen LogP contribution in [0.4, 0.5) is 16.6 Å². The van der Waals surface area contributed by atoms with Gasteiger partial charge in [-0.15, -0.1) is 0 Å². The Morgan fingerprint density at radius 1 is 1.21 bits per heavy atom. The van der Waals surface area contributed by atoms with Gasteiger partial charge in [0.05, 0.1) is 36.8 Å². The van der Waals surface area contributed by atoms with Crippen LogP contribution < -0.4 is 10.6 Å². The van der Waals surface area contributed by atoms with E-state index >= 15 is 0 Å². The van der Waals surface area contributed by atoms with Gasteiger partial charge in [0.2, 0.25) is 5.91 Å². The first-order valence-corrected chi connectivity index (χ1v) is 11.7. The van der Waals surface area contributed by atoms with Crippen molar-refractivity contribution in [3.05, 3.63) is 46.7 Å². The number of amides is 2. The molecule has 0 saturated carbocycles. The van der Waals surface area contributed by atoms with E-state index in [4.69, 9.17) is 4.74 Å². The van der Waals surface area contributed by atoms with Crippen LogP contribution in [-0.4, -0.2) is 68.0 Å². The number of nitrogens with zero attached hydrogens (tertiary/aromatic N) is 5. The first-order valence-electron chi connectivity index (χ1n) is 10.8. The molecule has 1 aromatic carbocycles. The van der Waals surface area contributed by atoms with Gasteiger partial charge in [-0.05, 0) is 25.5 Å². The largest absolute Gasteiger partial charge is 0.378 e. The van der Waals surface area contributed by atoms with E-state index < -0.39 is 0 Å². The van der Waals surface area contributed by atoms with Crippen LogP contribution in [0.5, 0.6) is 0 Å². The lowest BCUT2D eigenvalue weighted by atomic mass is 10.1. The molecule has 5 rings (SSSR count). The van der Waals surface area contributed by atoms with Gasteiger partial charge in [0.1, 0.15) is 11.4 Å². The van der Waals surface area contributed by atoms with Crippen molar-refractivity contribution in [3.63, 3.8) is 0 Å². The maximum Gasteiger partial charge on any atom is 0.267 e. The van der Waals surface area contributed by atoms with Gasteiger partial charge >= 0.3 is 0 Å². The van der Waals surface area contributed by atoms with Crippen molar-refractivity contribution in [2.75, 3.05) is 36.9 Å². The summed E-state index contributed by atoms with van der Waals surface area (Å²) >= 11 is 1.22. The molecule has 0 spiro atoms. The van der Waals surface area contributed by atoms with E-state index in [1.54, 1.807) is 15.8 Å². The van der Waals surface area contributed by atoms with Crippen molar-refractivity contribution in [3.8, 4) is 0 Å². The topological polar surface area (TPSA) is 130 Å². The second-order valence-corrected chi connectivity index (χ2v) is 9.05. The Balaban J connectivity index is 1.25. The molecule has 2 amide bonds. The number of ether oxygens (including phenoxy) is 1. The number of anilines is 3. The highest BCUT2D eigenvalue weighted by Gasteiger charge is 2.19. The van der Waals surface area contributed by atoms with Crippen molar-refractivity contribution in [1.29, 1.82) is 0 Å². The van der Waals surface area contributed by atoms with E-state index in [2.05, 4.69) is 30.9 Å². The van der Waals surface area contributed by atoms with Crippen molar-refractivity contribution >= 4 is 50.7 Å². The molecular formula is C22H24N8O3S. The fourth-order valence-corrected chi connectivity index (χ4v) is 4.50. The Bertz CT molecular complexity index is 1350. The first kappa shape index (κ1) is 22.0. The number of hydrogen-bond acceptors (Lipinski definition) is 8. The van der Waals surface area contributed by atoms with E-state index in [9.17, 15) is 9.59 Å². The summed E-state index contributed by atoms with van der Waals surface area (Å²) in [5, 5.41) is 18.9. The summed E-state index contributed by atoms with van der Waals surface area (Å²) in [5.74, 6) is 0.324. The summed E-state index contributed by atoms with van der Waals surface area (Å²) in [5.41, 5.74) is 3.36. The molecule has 0 unspecified atom stereocenters. The van der Waals surface area contributed by atoms with Crippen molar-refractivity contribution in [1.82, 2.24) is 29.9 Å². The number of benzene rings is 1. The van der Waals surface area contributed by atoms with Crippen LogP contribution in [0.25, 0.3) is 10.9 Å². The molecule has 3 N–H and O–H groups in total. The number of nitrogens with one attached hydrogen (secondary N) is 3. The Kier molecular flexibility index (Phi) is 5.99. The maximum absolute atomic E-state index is 12.9. The molecule has 34 heavy (non-hydrogen) atoms. The highest BCUT2D eigenvalue weighted by Crippen LogP contribution is 2.28. The number of aromatic amines is 1. The normalized spacial score (nSPS) is 13.9. The fraction of sp³-hybridized carbons (Fsp3) is 0.318. The third-order valence-electron chi connectivity index (χ3n) is 5.67. The van der Waals surface area contributed by atoms with E-state index in [-0.39, 0.29) is 18.4 Å². The number of rotatable bonds is 6. The highest BCUT2D eigenvalue weighted by molar-refractivity contribution is 7.17. The average Bonchev–Trinajstić information content (AvgIpc) is 3.57. The predicted octanol–water partition coefficient (Wildman–Crippen LogP) is 2.69. The smallest absolute Gasteiger partial charge is 0.267 e. The van der Waals surface area contributed by atoms with Crippen molar-refractivity contribution < 1.29 is 14.3 Å². The minimum absolute atomic E-state index is 0.0113. The Labute approximate surface area is 199 Å². The molecule has 176 valence electrons. The molecular weight excluding hydrogens is 456 g/mol. The summed E-state index contributed by atoms with van der Waals surface area (Å²) in [6.45, 7) is 6.32. The maximum atomic E-state index is 12.9. The van der Waals surface area contributed by atoms with Crippen LogP contribution in [0, 0.1) is 13.8 Å². The van der Waals surface area contributed by atoms with Gasteiger partial charge in [-0.1, -0.05) is 17.4 Å². The molecule has 4 heterocycles. The molecule has 12 heteroatoms. The molecule has 0 aliphatic carbocycles. The number of fused-ring (bicyclic) bond motifs is 1. The third-order valence-corrected chi connectivity index (χ3v) is 6.58. The molecule has 3 aromatic heterocycles. The summed E-state index contributed by atoms with van der Waals surface area (Å²) in [6, 6.07) is 5.70. The van der Waals surface area contributed by atoms with E-state index in [0.29, 0.717) is 42.1 Å². The molecule has 4 aromatic rings. The van der Waals surface area contributed by atoms with E-state index in [1.807, 2.05) is 32.0 Å². The van der Waals surface area contributed by atoms with Gasteiger partial charge in [-0.2, -0.15) is 10.2 Å². The lowest BCUT2D eigenvalue weighted by Gasteiger charge is -2.26. The van der Waals surface area contributed by atoms with Gasteiger partial charge < -0.3 is 20.3 Å². The minimum Gasteiger partial charge on any atom is -0.378 e. The summed E-state index contributed by atoms with van der Waals surface area (Å²) in [6.07, 6.45) is 3.22. The second-order valence-electron chi connectivity index (χ2n) is 8.02. The molecule has 0 atom stereocenters. The van der Waals surface area contributed by atoms with Crippen LogP contribution >= 0.6 is 11.3 Å². The number of H-pyrrole nitrogens is 1. The van der Waals surface area contributed by atoms with Gasteiger partial charge in [0, 0.05) is 30.2 Å². The quantitative estimate of drug-likeness (QED) is 0.387. The van der Waals surface area contributed by atoms with Crippen LogP contribution in [0.2, 0.25) is 0 Å². The third kappa shape index (κ3) is 4.50. The van der Waals surface area contributed by atoms with Crippen LogP contribution in [0.15, 0.2) is 30.6 Å². The zero-order valence-corrected chi connectivity index (χ0v) is 19.6. The molecule has 1 aliphatic heterocycles. The number of thiazole rings is 1. The fourth-order valence-electron chi connectivity index (χ4n) is 3.79. The van der Waals surface area contributed by atoms with Crippen LogP contribution in [-0.2, 0) is 16.1 Å². The molecule has 0 bridgehead atoms. The van der Waals surface area contributed by atoms with Gasteiger partial charge in [-0.3, -0.25) is 19.4 Å². The van der Waals surface area contributed by atoms with Crippen molar-refractivity contribution in [2.45, 2.75) is 20.4 Å². The molecule has 1 fully saturated rings. The van der Waals surface area contributed by atoms with E-state index in [0.717, 1.165) is 27.8 Å². The first-order chi connectivity index (χ1) is 16.5. The number of morpholine rings is 1. The Morgan fingerprint density at radius 2 is 2.03 bits per heavy atom. The number of aryl methyl sites for hydroxylation is 2. The molecule has 11 nitrogen and oxygen atoms in total. The minimum atomic E-state index is -0.250. The second kappa shape index (κ2) is 9.23. The van der Waals surface area contributed by atoms with Crippen LogP contribution in [0.3, 0.4) is 0 Å². The monoisotopic (exact) mass is 480 g/mol. The van der Waals surface area contributed by atoms with Gasteiger partial charge in [-0.25, -0.2) is 4.98 Å². The lowest BCUT2D eigenvalue weighted by molar-refractivity contribution is -0.136. The Morgan fingerprint density at radius 3 is 2.85 bits per heavy atom. The summed E-state index contributed by atoms with van der Waals surface area (Å²) < 4.78 is 6.96. The van der Waals surface area contributed by atoms with Gasteiger partial charge in [0.25, 0.3) is 5.91 Å². The van der Waals surface area contributed by atoms with Crippen molar-refractivity contribution in [2.24, 2.45) is 0 Å². The predicted molar refractivity (Wildman–Crippen MR) is 129 cm³/mol. The number of carbonyl (C=O) groups excluding carboxylic acids is 2. The zero-order chi connectivity index (χ0) is 23.7. The molecule has 0 radical (unpaired) electrons. The molecule has 1 aliphatic rings. The number of aromatic nitrogens is 5. The average molecular weight is 481 g/mol. The lowest BCUT2D eigenvalue weighted by Crippen LogP contribution is -2.42. The van der Waals surface area contributed by atoms with Crippen LogP contribution in [0.1, 0.15) is 20.9 Å². The zero-order valence-electron chi connectivity index (χ0n) is 18.8. The standard InChI is InChI=1S/C22H24N8O3S/c1-13-3-4-16-15(10-24-27-16)20(13)26-21(32)17-11-23-22(34-17)25-18-9-14(2)30(28-18)12-19(31)29-5-7-33-8-6-29/h3-4,9-11H,5-8,12H2,1-2H3,(H,24,27)(H,26,32)(H,23,25,28). The number of carbonyl (C=O) groups is 2. The number of hydrogen-bond donors (Lipinski definition) is 3. The summed E-state index contributed by atoms with van der Waals surface area (Å²) in [7, 11) is 0. The van der Waals surface area contributed by atoms with E-state index in [1.165, 1.54) is 17.5 Å². The SMILES string of the molecule is Cc1ccc2[nH]ncc2c1NC(=O)c1cnc(Nc2cc(C)n(CC(=O)N3CCOCC3)n2)s1. The summed E-state index contributed by atoms with van der Waals surface area (Å²) in [4.78, 5) is 31.9. The molecule has 1 saturated heterocycles.